The molecule has 102 valence electrons. The Morgan fingerprint density at radius 1 is 1.15 bits per heavy atom. The normalized spacial score (nSPS) is 12.5. The lowest BCUT2D eigenvalue weighted by Crippen LogP contribution is -2.99. The molecular formula is C14H13N3O3. The van der Waals surface area contributed by atoms with E-state index in [1.807, 2.05) is 24.3 Å². The molecule has 0 aliphatic heterocycles. The Labute approximate surface area is 114 Å². The summed E-state index contributed by atoms with van der Waals surface area (Å²) < 4.78 is 5.57. The number of para-hydroxylation sites is 2. The van der Waals surface area contributed by atoms with Gasteiger partial charge in [0.15, 0.2) is 5.69 Å². The molecule has 3 aromatic rings. The van der Waals surface area contributed by atoms with Gasteiger partial charge in [-0.2, -0.15) is 5.23 Å². The Bertz CT molecular complexity index is 674. The molecule has 20 heavy (non-hydrogen) atoms. The molecule has 0 bridgehead atoms. The molecular weight excluding hydrogens is 258 g/mol. The third kappa shape index (κ3) is 2.62. The van der Waals surface area contributed by atoms with Crippen molar-refractivity contribution in [2.45, 2.75) is 6.61 Å². The predicted molar refractivity (Wildman–Crippen MR) is 72.6 cm³/mol. The number of imidazole rings is 1. The fourth-order valence-electron chi connectivity index (χ4n) is 1.92. The van der Waals surface area contributed by atoms with E-state index in [1.54, 1.807) is 12.1 Å². The van der Waals surface area contributed by atoms with Crippen LogP contribution in [0.5, 0.6) is 5.75 Å². The monoisotopic (exact) mass is 271 g/mol. The van der Waals surface area contributed by atoms with E-state index < -0.39 is 5.23 Å². The van der Waals surface area contributed by atoms with Crippen molar-refractivity contribution in [3.05, 3.63) is 59.6 Å². The van der Waals surface area contributed by atoms with Crippen LogP contribution in [-0.2, 0) is 6.61 Å². The molecule has 0 fully saturated rings. The van der Waals surface area contributed by atoms with Gasteiger partial charge in [0.2, 0.25) is 0 Å². The maximum Gasteiger partial charge on any atom is 0.164 e. The Morgan fingerprint density at radius 2 is 1.90 bits per heavy atom. The molecule has 0 spiro atoms. The summed E-state index contributed by atoms with van der Waals surface area (Å²) in [6.07, 6.45) is 0. The number of aromatic amines is 1. The average molecular weight is 271 g/mol. The van der Waals surface area contributed by atoms with Crippen molar-refractivity contribution in [2.75, 3.05) is 0 Å². The minimum absolute atomic E-state index is 0.237. The lowest BCUT2D eigenvalue weighted by atomic mass is 10.3. The summed E-state index contributed by atoms with van der Waals surface area (Å²) in [5.41, 5.74) is 2.10. The number of hydrogen-bond acceptors (Lipinski definition) is 4. The number of nitrogens with one attached hydrogen (secondary N) is 2. The van der Waals surface area contributed by atoms with Gasteiger partial charge in [0.1, 0.15) is 18.2 Å². The van der Waals surface area contributed by atoms with Gasteiger partial charge in [0.05, 0.1) is 11.0 Å². The zero-order valence-electron chi connectivity index (χ0n) is 10.5. The van der Waals surface area contributed by atoms with Crippen LogP contribution in [0, 0.1) is 5.21 Å². The third-order valence-electron chi connectivity index (χ3n) is 2.92. The van der Waals surface area contributed by atoms with Crippen molar-refractivity contribution in [3.8, 4) is 5.75 Å². The van der Waals surface area contributed by atoms with E-state index in [1.165, 1.54) is 12.1 Å². The number of benzene rings is 2. The van der Waals surface area contributed by atoms with E-state index in [4.69, 9.17) is 9.94 Å². The second-order valence-corrected chi connectivity index (χ2v) is 4.32. The highest BCUT2D eigenvalue weighted by atomic mass is 16.8. The zero-order valence-corrected chi connectivity index (χ0v) is 10.5. The molecule has 2 aromatic carbocycles. The molecule has 3 rings (SSSR count). The van der Waals surface area contributed by atoms with E-state index in [0.717, 1.165) is 16.9 Å². The highest BCUT2D eigenvalue weighted by Gasteiger charge is 2.04. The second kappa shape index (κ2) is 5.30. The number of quaternary nitrogens is 1. The lowest BCUT2D eigenvalue weighted by molar-refractivity contribution is -0.991. The van der Waals surface area contributed by atoms with Gasteiger partial charge in [-0.05, 0) is 24.3 Å². The van der Waals surface area contributed by atoms with Crippen LogP contribution >= 0.6 is 0 Å². The van der Waals surface area contributed by atoms with E-state index in [9.17, 15) is 5.21 Å². The third-order valence-corrected chi connectivity index (χ3v) is 2.92. The summed E-state index contributed by atoms with van der Waals surface area (Å²) in [6, 6.07) is 14.0. The first kappa shape index (κ1) is 12.6. The Hall–Kier alpha value is -2.41. The van der Waals surface area contributed by atoms with Gasteiger partial charge in [0.25, 0.3) is 0 Å². The fraction of sp³-hybridized carbons (Fsp3) is 0.0714. The Balaban J connectivity index is 1.69. The number of hydrogen-bond donors (Lipinski definition) is 3. The number of rotatable bonds is 4. The maximum atomic E-state index is 10.7. The Kier molecular flexibility index (Phi) is 3.34. The van der Waals surface area contributed by atoms with Crippen molar-refractivity contribution in [1.29, 1.82) is 0 Å². The molecule has 0 saturated heterocycles. The van der Waals surface area contributed by atoms with Crippen molar-refractivity contribution in [1.82, 2.24) is 9.97 Å². The molecule has 1 heterocycles. The van der Waals surface area contributed by atoms with Gasteiger partial charge < -0.3 is 14.9 Å². The van der Waals surface area contributed by atoms with Crippen LogP contribution in [0.15, 0.2) is 48.5 Å². The average Bonchev–Trinajstić information content (AvgIpc) is 2.88. The van der Waals surface area contributed by atoms with Gasteiger partial charge in [-0.3, -0.25) is 0 Å². The largest absolute Gasteiger partial charge is 0.595 e. The van der Waals surface area contributed by atoms with Crippen LogP contribution in [0.3, 0.4) is 0 Å². The molecule has 6 heteroatoms. The zero-order chi connectivity index (χ0) is 13.9. The predicted octanol–water partition coefficient (Wildman–Crippen LogP) is 1.55. The van der Waals surface area contributed by atoms with Gasteiger partial charge in [-0.25, -0.2) is 10.2 Å². The van der Waals surface area contributed by atoms with Gasteiger partial charge in [-0.1, -0.05) is 12.1 Å². The first-order valence-electron chi connectivity index (χ1n) is 6.12. The summed E-state index contributed by atoms with van der Waals surface area (Å²) in [4.78, 5) is 7.56. The van der Waals surface area contributed by atoms with Gasteiger partial charge >= 0.3 is 0 Å². The van der Waals surface area contributed by atoms with Crippen molar-refractivity contribution in [2.24, 2.45) is 0 Å². The smallest absolute Gasteiger partial charge is 0.164 e. The standard InChI is InChI=1S/C14H13N3O3/c18-17(19)10-5-7-11(8-6-10)20-9-14-15-12-3-1-2-4-13(12)16-14/h1-8,17-18H,9H2,(H,15,16). The molecule has 0 aliphatic carbocycles. The minimum Gasteiger partial charge on any atom is -0.595 e. The van der Waals surface area contributed by atoms with E-state index in [0.29, 0.717) is 12.4 Å². The van der Waals surface area contributed by atoms with Crippen LogP contribution in [0.2, 0.25) is 0 Å². The highest BCUT2D eigenvalue weighted by Crippen LogP contribution is 2.15. The summed E-state index contributed by atoms with van der Waals surface area (Å²) in [6.45, 7) is 0.307. The number of ether oxygens (including phenoxy) is 1. The molecule has 0 aliphatic rings. The first-order valence-corrected chi connectivity index (χ1v) is 6.12. The number of H-pyrrole nitrogens is 1. The van der Waals surface area contributed by atoms with Gasteiger partial charge in [-0.15, -0.1) is 0 Å². The number of aromatic nitrogens is 2. The van der Waals surface area contributed by atoms with Crippen molar-refractivity contribution in [3.63, 3.8) is 0 Å². The molecule has 6 nitrogen and oxygen atoms in total. The minimum atomic E-state index is -0.950. The fourth-order valence-corrected chi connectivity index (χ4v) is 1.92. The molecule has 1 aromatic heterocycles. The topological polar surface area (TPSA) is 85.6 Å². The molecule has 3 N–H and O–H groups in total. The van der Waals surface area contributed by atoms with Crippen LogP contribution in [0.4, 0.5) is 5.69 Å². The lowest BCUT2D eigenvalue weighted by Gasteiger charge is -2.11. The quantitative estimate of drug-likeness (QED) is 0.628. The van der Waals surface area contributed by atoms with Gasteiger partial charge in [0, 0.05) is 12.1 Å². The van der Waals surface area contributed by atoms with Crippen molar-refractivity contribution < 1.29 is 15.2 Å². The molecule has 1 unspecified atom stereocenters. The van der Waals surface area contributed by atoms with Crippen LogP contribution < -0.4 is 9.96 Å². The van der Waals surface area contributed by atoms with Crippen molar-refractivity contribution >= 4 is 16.7 Å². The molecule has 0 radical (unpaired) electrons. The first-order chi connectivity index (χ1) is 9.72. The molecule has 0 amide bonds. The molecule has 0 saturated carbocycles. The van der Waals surface area contributed by atoms with Crippen LogP contribution in [-0.4, -0.2) is 15.2 Å². The second-order valence-electron chi connectivity index (χ2n) is 4.32. The van der Waals surface area contributed by atoms with E-state index >= 15 is 0 Å². The summed E-state index contributed by atoms with van der Waals surface area (Å²) in [5, 5.41) is 18.6. The number of nitrogens with zero attached hydrogens (tertiary/aromatic N) is 1. The summed E-state index contributed by atoms with van der Waals surface area (Å²) in [7, 11) is 0. The highest BCUT2D eigenvalue weighted by molar-refractivity contribution is 5.74. The SMILES string of the molecule is [O-][NH+](O)c1ccc(OCc2nc3ccccc3[nH]2)cc1. The van der Waals surface area contributed by atoms with Crippen LogP contribution in [0.1, 0.15) is 5.82 Å². The summed E-state index contributed by atoms with van der Waals surface area (Å²) in [5.74, 6) is 1.34. The Morgan fingerprint density at radius 3 is 2.60 bits per heavy atom. The number of fused-ring (bicyclic) bond motifs is 1. The summed E-state index contributed by atoms with van der Waals surface area (Å²) >= 11 is 0. The maximum absolute atomic E-state index is 10.7. The van der Waals surface area contributed by atoms with Crippen LogP contribution in [0.25, 0.3) is 11.0 Å². The van der Waals surface area contributed by atoms with E-state index in [2.05, 4.69) is 9.97 Å². The molecule has 1 atom stereocenters. The van der Waals surface area contributed by atoms with E-state index in [-0.39, 0.29) is 5.69 Å².